The molecule has 0 aromatic carbocycles. The number of rotatable bonds is 4. The molecular formula is C13H20N2O2S. The molecule has 2 heterocycles. The Kier molecular flexibility index (Phi) is 4.04. The molecule has 1 aromatic rings. The Morgan fingerprint density at radius 1 is 1.33 bits per heavy atom. The van der Waals surface area contributed by atoms with Crippen molar-refractivity contribution in [2.75, 3.05) is 37.6 Å². The Bertz CT molecular complexity index is 403. The van der Waals surface area contributed by atoms with Gasteiger partial charge in [0.15, 0.2) is 6.29 Å². The van der Waals surface area contributed by atoms with Gasteiger partial charge >= 0.3 is 0 Å². The Hall–Kier alpha value is -0.910. The van der Waals surface area contributed by atoms with Gasteiger partial charge in [0.2, 0.25) is 0 Å². The molecule has 0 unspecified atom stereocenters. The summed E-state index contributed by atoms with van der Waals surface area (Å²) in [5.41, 5.74) is -0.629. The SMILES string of the molecule is CC(C)(O)CN1CCN(c2ccc(C=O)s2)CC1. The highest BCUT2D eigenvalue weighted by Gasteiger charge is 2.23. The van der Waals surface area contributed by atoms with Crippen LogP contribution in [0.25, 0.3) is 0 Å². The fourth-order valence-corrected chi connectivity index (χ4v) is 3.12. The summed E-state index contributed by atoms with van der Waals surface area (Å²) in [4.78, 5) is 16.0. The first-order valence-corrected chi connectivity index (χ1v) is 7.04. The largest absolute Gasteiger partial charge is 0.389 e. The summed E-state index contributed by atoms with van der Waals surface area (Å²) in [6.45, 7) is 8.22. The van der Waals surface area contributed by atoms with Gasteiger partial charge in [0, 0.05) is 32.7 Å². The summed E-state index contributed by atoms with van der Waals surface area (Å²) in [6, 6.07) is 3.89. The molecule has 0 aliphatic carbocycles. The zero-order valence-electron chi connectivity index (χ0n) is 10.9. The number of hydrogen-bond donors (Lipinski definition) is 1. The summed E-state index contributed by atoms with van der Waals surface area (Å²) in [7, 11) is 0. The van der Waals surface area contributed by atoms with Gasteiger partial charge in [-0.15, -0.1) is 11.3 Å². The Morgan fingerprint density at radius 2 is 2.00 bits per heavy atom. The standard InChI is InChI=1S/C13H20N2O2S/c1-13(2,17)10-14-5-7-15(8-6-14)12-4-3-11(9-16)18-12/h3-4,9,17H,5-8,10H2,1-2H3. The van der Waals surface area contributed by atoms with Crippen molar-refractivity contribution in [2.24, 2.45) is 0 Å². The maximum absolute atomic E-state index is 10.7. The number of thiophene rings is 1. The normalized spacial score (nSPS) is 18.1. The number of nitrogens with zero attached hydrogens (tertiary/aromatic N) is 2. The van der Waals surface area contributed by atoms with Crippen LogP contribution >= 0.6 is 11.3 Å². The van der Waals surface area contributed by atoms with Gasteiger partial charge in [-0.3, -0.25) is 9.69 Å². The minimum Gasteiger partial charge on any atom is -0.389 e. The molecular weight excluding hydrogens is 248 g/mol. The molecule has 1 aliphatic rings. The second-order valence-electron chi connectivity index (χ2n) is 5.37. The molecule has 0 bridgehead atoms. The highest BCUT2D eigenvalue weighted by atomic mass is 32.1. The molecule has 1 N–H and O–H groups in total. The molecule has 18 heavy (non-hydrogen) atoms. The molecule has 5 heteroatoms. The summed E-state index contributed by atoms with van der Waals surface area (Å²) >= 11 is 1.54. The highest BCUT2D eigenvalue weighted by molar-refractivity contribution is 7.17. The topological polar surface area (TPSA) is 43.8 Å². The van der Waals surface area contributed by atoms with Gasteiger partial charge in [0.05, 0.1) is 15.5 Å². The third-order valence-electron chi connectivity index (χ3n) is 3.02. The van der Waals surface area contributed by atoms with Crippen LogP contribution in [0, 0.1) is 0 Å². The van der Waals surface area contributed by atoms with Gasteiger partial charge in [-0.1, -0.05) is 0 Å². The van der Waals surface area contributed by atoms with Crippen molar-refractivity contribution in [2.45, 2.75) is 19.4 Å². The van der Waals surface area contributed by atoms with Gasteiger partial charge < -0.3 is 10.0 Å². The van der Waals surface area contributed by atoms with E-state index in [2.05, 4.69) is 9.80 Å². The molecule has 0 atom stereocenters. The molecule has 2 rings (SSSR count). The molecule has 4 nitrogen and oxygen atoms in total. The maximum Gasteiger partial charge on any atom is 0.160 e. The van der Waals surface area contributed by atoms with E-state index >= 15 is 0 Å². The van der Waals surface area contributed by atoms with E-state index in [1.165, 1.54) is 5.00 Å². The predicted molar refractivity (Wildman–Crippen MR) is 74.7 cm³/mol. The molecule has 0 saturated carbocycles. The zero-order valence-corrected chi connectivity index (χ0v) is 11.7. The van der Waals surface area contributed by atoms with E-state index in [4.69, 9.17) is 0 Å². The minimum absolute atomic E-state index is 0.629. The fraction of sp³-hybridized carbons (Fsp3) is 0.615. The van der Waals surface area contributed by atoms with E-state index in [-0.39, 0.29) is 0 Å². The molecule has 0 amide bonds. The van der Waals surface area contributed by atoms with Crippen molar-refractivity contribution < 1.29 is 9.90 Å². The van der Waals surface area contributed by atoms with Crippen LogP contribution in [0.3, 0.4) is 0 Å². The number of carbonyl (C=O) groups is 1. The number of anilines is 1. The van der Waals surface area contributed by atoms with Crippen LogP contribution < -0.4 is 4.90 Å². The zero-order chi connectivity index (χ0) is 13.2. The van der Waals surface area contributed by atoms with Crippen molar-refractivity contribution >= 4 is 22.6 Å². The number of aliphatic hydroxyl groups is 1. The van der Waals surface area contributed by atoms with Crippen LogP contribution in [-0.2, 0) is 0 Å². The molecule has 0 radical (unpaired) electrons. The number of piperazine rings is 1. The summed E-state index contributed by atoms with van der Waals surface area (Å²) in [5.74, 6) is 0. The predicted octanol–water partition coefficient (Wildman–Crippen LogP) is 1.45. The lowest BCUT2D eigenvalue weighted by atomic mass is 10.1. The number of β-amino-alcohol motifs (C(OH)–C–C–N with tert-alkyl or cyclic N) is 1. The van der Waals surface area contributed by atoms with E-state index in [0.29, 0.717) is 6.54 Å². The first kappa shape index (κ1) is 13.5. The quantitative estimate of drug-likeness (QED) is 0.840. The van der Waals surface area contributed by atoms with Crippen LogP contribution in [0.1, 0.15) is 23.5 Å². The summed E-state index contributed by atoms with van der Waals surface area (Å²) in [6.07, 6.45) is 0.901. The molecule has 0 spiro atoms. The van der Waals surface area contributed by atoms with Crippen molar-refractivity contribution in [3.05, 3.63) is 17.0 Å². The van der Waals surface area contributed by atoms with Gasteiger partial charge in [0.25, 0.3) is 0 Å². The van der Waals surface area contributed by atoms with E-state index in [9.17, 15) is 9.90 Å². The van der Waals surface area contributed by atoms with Crippen molar-refractivity contribution in [3.8, 4) is 0 Å². The Balaban J connectivity index is 1.88. The van der Waals surface area contributed by atoms with Gasteiger partial charge in [-0.05, 0) is 26.0 Å². The average molecular weight is 268 g/mol. The van der Waals surface area contributed by atoms with Gasteiger partial charge in [0.1, 0.15) is 0 Å². The van der Waals surface area contributed by atoms with Crippen LogP contribution in [0.2, 0.25) is 0 Å². The van der Waals surface area contributed by atoms with Gasteiger partial charge in [-0.2, -0.15) is 0 Å². The number of carbonyl (C=O) groups excluding carboxylic acids is 1. The molecule has 1 saturated heterocycles. The fourth-order valence-electron chi connectivity index (χ4n) is 2.25. The maximum atomic E-state index is 10.7. The third kappa shape index (κ3) is 3.54. The second kappa shape index (κ2) is 5.38. The highest BCUT2D eigenvalue weighted by Crippen LogP contribution is 2.26. The van der Waals surface area contributed by atoms with Crippen molar-refractivity contribution in [1.29, 1.82) is 0 Å². The average Bonchev–Trinajstić information content (AvgIpc) is 2.76. The molecule has 1 fully saturated rings. The lowest BCUT2D eigenvalue weighted by molar-refractivity contribution is 0.0345. The van der Waals surface area contributed by atoms with E-state index < -0.39 is 5.60 Å². The lowest BCUT2D eigenvalue weighted by Crippen LogP contribution is -2.50. The second-order valence-corrected chi connectivity index (χ2v) is 6.46. The number of hydrogen-bond acceptors (Lipinski definition) is 5. The van der Waals surface area contributed by atoms with Crippen molar-refractivity contribution in [3.63, 3.8) is 0 Å². The smallest absolute Gasteiger partial charge is 0.160 e. The van der Waals surface area contributed by atoms with Crippen LogP contribution in [0.15, 0.2) is 12.1 Å². The van der Waals surface area contributed by atoms with Crippen LogP contribution in [0.4, 0.5) is 5.00 Å². The first-order valence-electron chi connectivity index (χ1n) is 6.23. The molecule has 1 aromatic heterocycles. The van der Waals surface area contributed by atoms with Gasteiger partial charge in [-0.25, -0.2) is 0 Å². The van der Waals surface area contributed by atoms with Crippen molar-refractivity contribution in [1.82, 2.24) is 4.90 Å². The first-order chi connectivity index (χ1) is 8.48. The Labute approximate surface area is 112 Å². The van der Waals surface area contributed by atoms with Crippen LogP contribution in [-0.4, -0.2) is 54.6 Å². The van der Waals surface area contributed by atoms with E-state index in [0.717, 1.165) is 37.3 Å². The molecule has 1 aliphatic heterocycles. The summed E-state index contributed by atoms with van der Waals surface area (Å²) < 4.78 is 0. The van der Waals surface area contributed by atoms with E-state index in [1.54, 1.807) is 11.3 Å². The number of aldehydes is 1. The van der Waals surface area contributed by atoms with E-state index in [1.807, 2.05) is 26.0 Å². The molecule has 100 valence electrons. The summed E-state index contributed by atoms with van der Waals surface area (Å²) in [5, 5.41) is 11.0. The lowest BCUT2D eigenvalue weighted by Gasteiger charge is -2.37. The van der Waals surface area contributed by atoms with Crippen LogP contribution in [0.5, 0.6) is 0 Å². The monoisotopic (exact) mass is 268 g/mol. The third-order valence-corrected chi connectivity index (χ3v) is 4.09. The Morgan fingerprint density at radius 3 is 2.50 bits per heavy atom. The minimum atomic E-state index is -0.629.